The van der Waals surface area contributed by atoms with Gasteiger partial charge in [0.15, 0.2) is 0 Å². The van der Waals surface area contributed by atoms with Gasteiger partial charge in [0.1, 0.15) is 0 Å². The number of primary amides is 1. The molecule has 5 nitrogen and oxygen atoms in total. The van der Waals surface area contributed by atoms with Crippen molar-refractivity contribution < 1.29 is 9.53 Å². The Morgan fingerprint density at radius 3 is 2.33 bits per heavy atom. The minimum atomic E-state index is -0.345. The van der Waals surface area contributed by atoms with Crippen LogP contribution < -0.4 is 11.1 Å². The van der Waals surface area contributed by atoms with E-state index >= 15 is 0 Å². The molecule has 0 spiro atoms. The SMILES string of the molecule is CCN(CC)CCNC(CC(C)(C)OC)C(N)=O. The fourth-order valence-electron chi connectivity index (χ4n) is 1.78. The Kier molecular flexibility index (Phi) is 8.15. The van der Waals surface area contributed by atoms with E-state index in [-0.39, 0.29) is 17.6 Å². The summed E-state index contributed by atoms with van der Waals surface area (Å²) < 4.78 is 5.33. The molecule has 0 aliphatic rings. The van der Waals surface area contributed by atoms with Crippen molar-refractivity contribution in [3.05, 3.63) is 0 Å². The van der Waals surface area contributed by atoms with Gasteiger partial charge >= 0.3 is 0 Å². The maximum absolute atomic E-state index is 11.4. The summed E-state index contributed by atoms with van der Waals surface area (Å²) >= 11 is 0. The second-order valence-electron chi connectivity index (χ2n) is 5.10. The largest absolute Gasteiger partial charge is 0.379 e. The van der Waals surface area contributed by atoms with Crippen LogP contribution in [0, 0.1) is 0 Å². The first-order valence-electron chi connectivity index (χ1n) is 6.66. The first-order chi connectivity index (χ1) is 8.36. The summed E-state index contributed by atoms with van der Waals surface area (Å²) in [4.78, 5) is 13.7. The quantitative estimate of drug-likeness (QED) is 0.602. The molecular weight excluding hydrogens is 230 g/mol. The molecule has 0 aromatic heterocycles. The molecule has 0 radical (unpaired) electrons. The lowest BCUT2D eigenvalue weighted by atomic mass is 9.98. The number of likely N-dealkylation sites (N-methyl/N-ethyl adjacent to an activating group) is 1. The van der Waals surface area contributed by atoms with Gasteiger partial charge in [-0.25, -0.2) is 0 Å². The van der Waals surface area contributed by atoms with E-state index < -0.39 is 0 Å². The van der Waals surface area contributed by atoms with E-state index in [1.165, 1.54) is 0 Å². The van der Waals surface area contributed by atoms with Crippen LogP contribution in [0.3, 0.4) is 0 Å². The lowest BCUT2D eigenvalue weighted by molar-refractivity contribution is -0.122. The van der Waals surface area contributed by atoms with E-state index in [0.29, 0.717) is 6.42 Å². The zero-order valence-corrected chi connectivity index (χ0v) is 12.5. The summed E-state index contributed by atoms with van der Waals surface area (Å²) in [6, 6.07) is -0.337. The molecule has 1 unspecified atom stereocenters. The highest BCUT2D eigenvalue weighted by atomic mass is 16.5. The Balaban J connectivity index is 4.17. The van der Waals surface area contributed by atoms with Gasteiger partial charge < -0.3 is 20.7 Å². The van der Waals surface area contributed by atoms with Crippen LogP contribution in [0.2, 0.25) is 0 Å². The fraction of sp³-hybridized carbons (Fsp3) is 0.923. The van der Waals surface area contributed by atoms with Gasteiger partial charge in [0.05, 0.1) is 11.6 Å². The summed E-state index contributed by atoms with van der Waals surface area (Å²) in [5, 5.41) is 3.21. The Hall–Kier alpha value is -0.650. The van der Waals surface area contributed by atoms with Gasteiger partial charge in [-0.1, -0.05) is 13.8 Å². The van der Waals surface area contributed by atoms with E-state index in [1.807, 2.05) is 13.8 Å². The molecule has 0 bridgehead atoms. The van der Waals surface area contributed by atoms with Gasteiger partial charge in [-0.3, -0.25) is 4.79 Å². The summed E-state index contributed by atoms with van der Waals surface area (Å²) in [5.41, 5.74) is 5.06. The minimum Gasteiger partial charge on any atom is -0.379 e. The number of methoxy groups -OCH3 is 1. The van der Waals surface area contributed by atoms with Crippen LogP contribution >= 0.6 is 0 Å². The first-order valence-corrected chi connectivity index (χ1v) is 6.66. The van der Waals surface area contributed by atoms with Crippen LogP contribution in [0.4, 0.5) is 0 Å². The number of hydrogen-bond donors (Lipinski definition) is 2. The summed E-state index contributed by atoms with van der Waals surface area (Å²) in [5.74, 6) is -0.320. The van der Waals surface area contributed by atoms with Crippen molar-refractivity contribution in [1.29, 1.82) is 0 Å². The molecule has 0 fully saturated rings. The number of nitrogens with one attached hydrogen (secondary N) is 1. The molecule has 3 N–H and O–H groups in total. The standard InChI is InChI=1S/C13H29N3O2/c1-6-16(7-2)9-8-15-11(12(14)17)10-13(3,4)18-5/h11,15H,6-10H2,1-5H3,(H2,14,17). The predicted octanol–water partition coefficient (Wildman–Crippen LogP) is 0.587. The van der Waals surface area contributed by atoms with E-state index in [0.717, 1.165) is 26.2 Å². The normalized spacial score (nSPS) is 13.9. The lowest BCUT2D eigenvalue weighted by Gasteiger charge is -2.28. The number of nitrogens with zero attached hydrogens (tertiary/aromatic N) is 1. The molecule has 0 saturated carbocycles. The highest BCUT2D eigenvalue weighted by Gasteiger charge is 2.25. The van der Waals surface area contributed by atoms with Crippen LogP contribution in [0.1, 0.15) is 34.1 Å². The number of rotatable bonds is 10. The molecular formula is C13H29N3O2. The van der Waals surface area contributed by atoms with Crippen LogP contribution in [0.25, 0.3) is 0 Å². The Morgan fingerprint density at radius 2 is 1.94 bits per heavy atom. The second-order valence-corrected chi connectivity index (χ2v) is 5.10. The molecule has 0 rings (SSSR count). The van der Waals surface area contributed by atoms with E-state index in [1.54, 1.807) is 7.11 Å². The molecule has 0 saturated heterocycles. The topological polar surface area (TPSA) is 67.6 Å². The maximum Gasteiger partial charge on any atom is 0.234 e. The minimum absolute atomic E-state index is 0.320. The van der Waals surface area contributed by atoms with Gasteiger partial charge in [-0.05, 0) is 26.9 Å². The van der Waals surface area contributed by atoms with Gasteiger partial charge in [-0.15, -0.1) is 0 Å². The van der Waals surface area contributed by atoms with Crippen LogP contribution in [0.15, 0.2) is 0 Å². The Labute approximate surface area is 111 Å². The number of amides is 1. The Bertz CT molecular complexity index is 240. The van der Waals surface area contributed by atoms with E-state index in [4.69, 9.17) is 10.5 Å². The van der Waals surface area contributed by atoms with Crippen molar-refractivity contribution in [2.75, 3.05) is 33.3 Å². The highest BCUT2D eigenvalue weighted by molar-refractivity contribution is 5.79. The van der Waals surface area contributed by atoms with Gasteiger partial charge in [0.25, 0.3) is 0 Å². The molecule has 0 aromatic rings. The highest BCUT2D eigenvalue weighted by Crippen LogP contribution is 2.15. The molecule has 18 heavy (non-hydrogen) atoms. The van der Waals surface area contributed by atoms with Gasteiger partial charge in [0.2, 0.25) is 5.91 Å². The van der Waals surface area contributed by atoms with Crippen molar-refractivity contribution in [3.8, 4) is 0 Å². The third-order valence-corrected chi connectivity index (χ3v) is 3.30. The van der Waals surface area contributed by atoms with Gasteiger partial charge in [0, 0.05) is 26.6 Å². The van der Waals surface area contributed by atoms with Crippen molar-refractivity contribution in [2.45, 2.75) is 45.8 Å². The first kappa shape index (κ1) is 17.4. The maximum atomic E-state index is 11.4. The molecule has 0 aliphatic heterocycles. The zero-order valence-electron chi connectivity index (χ0n) is 12.5. The van der Waals surface area contributed by atoms with Crippen molar-refractivity contribution in [1.82, 2.24) is 10.2 Å². The molecule has 108 valence electrons. The molecule has 1 atom stereocenters. The van der Waals surface area contributed by atoms with Crippen molar-refractivity contribution in [3.63, 3.8) is 0 Å². The third kappa shape index (κ3) is 6.93. The van der Waals surface area contributed by atoms with Crippen molar-refractivity contribution >= 4 is 5.91 Å². The van der Waals surface area contributed by atoms with E-state index in [9.17, 15) is 4.79 Å². The van der Waals surface area contributed by atoms with E-state index in [2.05, 4.69) is 24.1 Å². The van der Waals surface area contributed by atoms with Gasteiger partial charge in [-0.2, -0.15) is 0 Å². The van der Waals surface area contributed by atoms with Crippen LogP contribution in [-0.2, 0) is 9.53 Å². The number of nitrogens with two attached hydrogens (primary N) is 1. The number of carbonyl (C=O) groups is 1. The molecule has 5 heteroatoms. The average Bonchev–Trinajstić information content (AvgIpc) is 2.33. The number of carbonyl (C=O) groups excluding carboxylic acids is 1. The number of ether oxygens (including phenoxy) is 1. The van der Waals surface area contributed by atoms with Crippen molar-refractivity contribution in [2.24, 2.45) is 5.73 Å². The predicted molar refractivity (Wildman–Crippen MR) is 74.5 cm³/mol. The molecule has 0 heterocycles. The van der Waals surface area contributed by atoms with Crippen LogP contribution in [0.5, 0.6) is 0 Å². The number of hydrogen-bond acceptors (Lipinski definition) is 4. The molecule has 1 amide bonds. The summed E-state index contributed by atoms with van der Waals surface area (Å²) in [7, 11) is 1.65. The summed E-state index contributed by atoms with van der Waals surface area (Å²) in [6.45, 7) is 11.9. The smallest absolute Gasteiger partial charge is 0.234 e. The van der Waals surface area contributed by atoms with Crippen LogP contribution in [-0.4, -0.2) is 55.7 Å². The Morgan fingerprint density at radius 1 is 1.39 bits per heavy atom. The summed E-state index contributed by atoms with van der Waals surface area (Å²) in [6.07, 6.45) is 0.580. The second kappa shape index (κ2) is 8.45. The zero-order chi connectivity index (χ0) is 14.2. The monoisotopic (exact) mass is 259 g/mol. The lowest BCUT2D eigenvalue weighted by Crippen LogP contribution is -2.48. The fourth-order valence-corrected chi connectivity index (χ4v) is 1.78. The third-order valence-electron chi connectivity index (χ3n) is 3.30. The average molecular weight is 259 g/mol. The molecule has 0 aliphatic carbocycles. The molecule has 0 aromatic carbocycles.